The third-order valence-corrected chi connectivity index (χ3v) is 4.53. The van der Waals surface area contributed by atoms with Gasteiger partial charge in [-0.05, 0) is 17.7 Å². The minimum Gasteiger partial charge on any atom is -0.460 e. The molecule has 136 valence electrons. The van der Waals surface area contributed by atoms with Crippen LogP contribution in [-0.4, -0.2) is 14.2 Å². The molecule has 9 heteroatoms. The Balaban J connectivity index is 1.86. The second kappa shape index (κ2) is 6.75. The van der Waals surface area contributed by atoms with Crippen molar-refractivity contribution in [3.05, 3.63) is 82.9 Å². The number of halogens is 2. The molecule has 2 aromatic carbocycles. The van der Waals surface area contributed by atoms with Gasteiger partial charge in [0.1, 0.15) is 5.75 Å². The molecule has 0 spiro atoms. The normalized spacial score (nSPS) is 20.7. The van der Waals surface area contributed by atoms with Gasteiger partial charge in [-0.25, -0.2) is 8.78 Å². The maximum Gasteiger partial charge on any atom is 0.313 e. The van der Waals surface area contributed by atoms with Crippen molar-refractivity contribution in [3.8, 4) is 0 Å². The van der Waals surface area contributed by atoms with E-state index in [1.54, 1.807) is 30.3 Å². The minimum atomic E-state index is -4.29. The van der Waals surface area contributed by atoms with Gasteiger partial charge in [-0.15, -0.1) is 0 Å². The smallest absolute Gasteiger partial charge is 0.313 e. The van der Waals surface area contributed by atoms with Crippen molar-refractivity contribution in [2.45, 2.75) is 11.8 Å². The molecule has 1 unspecified atom stereocenters. The average Bonchev–Trinajstić information content (AvgIpc) is 2.81. The van der Waals surface area contributed by atoms with E-state index in [1.165, 1.54) is 0 Å². The van der Waals surface area contributed by atoms with E-state index in [-0.39, 0.29) is 5.56 Å². The summed E-state index contributed by atoms with van der Waals surface area (Å²) in [6.07, 6.45) is -2.59. The monoisotopic (exact) mass is 382 g/mol. The third-order valence-electron chi connectivity index (χ3n) is 3.43. The Kier molecular flexibility index (Phi) is 4.29. The molecule has 0 aliphatic carbocycles. The summed E-state index contributed by atoms with van der Waals surface area (Å²) in [4.78, 5) is 12.5. The number of Topliss-reactive ketones (excluding diaryl/α,β-unsaturated/α-hetero) is 1. The molecule has 1 atom stereocenters. The number of benzene rings is 2. The molecule has 0 bridgehead atoms. The number of carbonyl (C=O) groups is 1. The van der Waals surface area contributed by atoms with Crippen LogP contribution in [0.25, 0.3) is 0 Å². The zero-order valence-corrected chi connectivity index (χ0v) is 13.9. The highest BCUT2D eigenvalue weighted by molar-refractivity contribution is 7.86. The topological polar surface area (TPSA) is 95.7 Å². The molecule has 0 fully saturated rings. The Morgan fingerprint density at radius 3 is 2.50 bits per heavy atom. The summed E-state index contributed by atoms with van der Waals surface area (Å²) in [5.74, 6) is -5.91. The molecular weight excluding hydrogens is 368 g/mol. The largest absolute Gasteiger partial charge is 0.460 e. The number of carbonyl (C=O) groups excluding carboxylic acids is 1. The van der Waals surface area contributed by atoms with E-state index in [1.807, 2.05) is 0 Å². The van der Waals surface area contributed by atoms with Crippen molar-refractivity contribution in [3.63, 3.8) is 0 Å². The quantitative estimate of drug-likeness (QED) is 0.797. The first-order valence-electron chi connectivity index (χ1n) is 7.77. The molecule has 1 aliphatic heterocycles. The van der Waals surface area contributed by atoms with Crippen LogP contribution in [0.2, 0.25) is 0 Å². The maximum atomic E-state index is 13.4. The highest BCUT2D eigenvalue weighted by Gasteiger charge is 2.39. The summed E-state index contributed by atoms with van der Waals surface area (Å²) in [6, 6.07) is 10.3. The highest BCUT2D eigenvalue weighted by atomic mass is 32.2. The standard InChI is InChI=1S/C17H13F2NO5S/c18-12-7-6-11(8-13(12)19)15-14(21)16(17(20)24-15)25-26(22,23)9-10-4-2-1-3-5-10/h1-8,15H,9,20H2/i15D. The Morgan fingerprint density at radius 2 is 1.85 bits per heavy atom. The molecule has 1 aliphatic rings. The number of rotatable bonds is 5. The second-order valence-corrected chi connectivity index (χ2v) is 6.92. The van der Waals surface area contributed by atoms with Gasteiger partial charge < -0.3 is 14.7 Å². The Morgan fingerprint density at radius 1 is 1.15 bits per heavy atom. The van der Waals surface area contributed by atoms with Crippen molar-refractivity contribution >= 4 is 15.9 Å². The van der Waals surface area contributed by atoms with Crippen molar-refractivity contribution in [1.29, 1.82) is 0 Å². The van der Waals surface area contributed by atoms with Crippen LogP contribution in [0.3, 0.4) is 0 Å². The van der Waals surface area contributed by atoms with Gasteiger partial charge in [-0.1, -0.05) is 36.4 Å². The summed E-state index contributed by atoms with van der Waals surface area (Å²) in [7, 11) is -4.29. The lowest BCUT2D eigenvalue weighted by molar-refractivity contribution is -0.123. The van der Waals surface area contributed by atoms with Gasteiger partial charge in [0.25, 0.3) is 0 Å². The van der Waals surface area contributed by atoms with E-state index in [0.29, 0.717) is 17.7 Å². The van der Waals surface area contributed by atoms with Crippen LogP contribution in [0.4, 0.5) is 8.78 Å². The second-order valence-electron chi connectivity index (χ2n) is 5.35. The Hall–Kier alpha value is -2.94. The minimum absolute atomic E-state index is 0.367. The van der Waals surface area contributed by atoms with Crippen LogP contribution in [0, 0.1) is 11.6 Å². The SMILES string of the molecule is [2H]C1(c2ccc(F)c(F)c2)OC(N)=C(OS(=O)(=O)Cc2ccccc2)C1=O. The molecule has 0 saturated carbocycles. The van der Waals surface area contributed by atoms with Gasteiger partial charge in [0, 0.05) is 5.56 Å². The zero-order chi connectivity index (χ0) is 19.8. The van der Waals surface area contributed by atoms with Crippen LogP contribution >= 0.6 is 0 Å². The molecule has 0 radical (unpaired) electrons. The van der Waals surface area contributed by atoms with E-state index >= 15 is 0 Å². The van der Waals surface area contributed by atoms with Crippen molar-refractivity contribution in [2.75, 3.05) is 0 Å². The molecule has 2 aromatic rings. The molecule has 0 aromatic heterocycles. The molecule has 0 saturated heterocycles. The van der Waals surface area contributed by atoms with Gasteiger partial charge in [-0.2, -0.15) is 8.42 Å². The predicted octanol–water partition coefficient (Wildman–Crippen LogP) is 2.28. The van der Waals surface area contributed by atoms with E-state index in [2.05, 4.69) is 0 Å². The molecule has 2 N–H and O–H groups in total. The zero-order valence-electron chi connectivity index (χ0n) is 14.1. The van der Waals surface area contributed by atoms with Crippen LogP contribution < -0.4 is 5.73 Å². The first kappa shape index (κ1) is 16.5. The fourth-order valence-electron chi connectivity index (χ4n) is 2.26. The van der Waals surface area contributed by atoms with Gasteiger partial charge in [-0.3, -0.25) is 4.79 Å². The lowest BCUT2D eigenvalue weighted by atomic mass is 10.1. The first-order chi connectivity index (χ1) is 12.6. The lowest BCUT2D eigenvalue weighted by Gasteiger charge is -2.10. The molecule has 1 heterocycles. The average molecular weight is 382 g/mol. The van der Waals surface area contributed by atoms with E-state index in [9.17, 15) is 22.0 Å². The Labute approximate surface area is 149 Å². The van der Waals surface area contributed by atoms with Gasteiger partial charge >= 0.3 is 10.1 Å². The summed E-state index contributed by atoms with van der Waals surface area (Å²) >= 11 is 0. The number of hydrogen-bond donors (Lipinski definition) is 1. The van der Waals surface area contributed by atoms with E-state index < -0.39 is 51.0 Å². The number of hydrogen-bond acceptors (Lipinski definition) is 6. The fourth-order valence-corrected chi connectivity index (χ4v) is 3.33. The molecule has 26 heavy (non-hydrogen) atoms. The van der Waals surface area contributed by atoms with Crippen LogP contribution in [0.5, 0.6) is 0 Å². The lowest BCUT2D eigenvalue weighted by Crippen LogP contribution is -2.16. The summed E-state index contributed by atoms with van der Waals surface area (Å²) in [6.45, 7) is 0. The fraction of sp³-hybridized carbons (Fsp3) is 0.118. The molecule has 0 amide bonds. The van der Waals surface area contributed by atoms with Gasteiger partial charge in [0.2, 0.25) is 17.4 Å². The van der Waals surface area contributed by atoms with Crippen LogP contribution in [-0.2, 0) is 29.6 Å². The van der Waals surface area contributed by atoms with Crippen LogP contribution in [0.15, 0.2) is 60.2 Å². The Bertz CT molecular complexity index is 1040. The van der Waals surface area contributed by atoms with E-state index in [4.69, 9.17) is 16.0 Å². The highest BCUT2D eigenvalue weighted by Crippen LogP contribution is 2.33. The van der Waals surface area contributed by atoms with Crippen molar-refractivity contribution < 1.29 is 32.3 Å². The predicted molar refractivity (Wildman–Crippen MR) is 86.6 cm³/mol. The van der Waals surface area contributed by atoms with Crippen molar-refractivity contribution in [2.24, 2.45) is 5.73 Å². The number of nitrogens with two attached hydrogens (primary N) is 1. The third kappa shape index (κ3) is 3.67. The number of ketones is 1. The number of ether oxygens (including phenoxy) is 1. The first-order valence-corrected chi connectivity index (χ1v) is 8.85. The van der Waals surface area contributed by atoms with Gasteiger partial charge in [0.05, 0.1) is 1.37 Å². The molecular formula is C17H13F2NO5S. The van der Waals surface area contributed by atoms with E-state index in [0.717, 1.165) is 6.07 Å². The summed E-state index contributed by atoms with van der Waals surface area (Å²) < 4.78 is 68.8. The molecule has 6 nitrogen and oxygen atoms in total. The molecule has 3 rings (SSSR count). The summed E-state index contributed by atoms with van der Waals surface area (Å²) in [5, 5.41) is 0. The summed E-state index contributed by atoms with van der Waals surface area (Å²) in [5.41, 5.74) is 5.55. The maximum absolute atomic E-state index is 13.4. The van der Waals surface area contributed by atoms with Crippen molar-refractivity contribution in [1.82, 2.24) is 0 Å². The van der Waals surface area contributed by atoms with Gasteiger partial charge in [0.15, 0.2) is 17.7 Å². The van der Waals surface area contributed by atoms with Crippen LogP contribution in [0.1, 0.15) is 18.6 Å².